The molecular formula is C19H24N4O4. The van der Waals surface area contributed by atoms with Crippen LogP contribution in [0.25, 0.3) is 11.3 Å². The summed E-state index contributed by atoms with van der Waals surface area (Å²) < 4.78 is 12.6. The van der Waals surface area contributed by atoms with Crippen LogP contribution in [0.4, 0.5) is 5.82 Å². The molecule has 0 aliphatic carbocycles. The van der Waals surface area contributed by atoms with Gasteiger partial charge in [0.05, 0.1) is 24.5 Å². The maximum atomic E-state index is 12.0. The molecule has 0 aromatic carbocycles. The number of hydrogen-bond acceptors (Lipinski definition) is 7. The summed E-state index contributed by atoms with van der Waals surface area (Å²) in [6.07, 6.45) is 6.52. The lowest BCUT2D eigenvalue weighted by Gasteiger charge is -2.26. The Morgan fingerprint density at radius 2 is 2.26 bits per heavy atom. The molecule has 4 rings (SSSR count). The first-order valence-corrected chi connectivity index (χ1v) is 9.34. The topological polar surface area (TPSA) is 89.7 Å². The number of hydrogen-bond donors (Lipinski definition) is 1. The number of carbonyl (C=O) groups excluding carboxylic acids is 1. The molecule has 0 spiro atoms. The molecule has 1 unspecified atom stereocenters. The zero-order valence-electron chi connectivity index (χ0n) is 15.4. The fraction of sp³-hybridized carbons (Fsp3) is 0.526. The van der Waals surface area contributed by atoms with Crippen molar-refractivity contribution in [2.75, 3.05) is 31.7 Å². The van der Waals surface area contributed by atoms with Gasteiger partial charge < -0.3 is 19.5 Å². The predicted octanol–water partition coefficient (Wildman–Crippen LogP) is 2.00. The lowest BCUT2D eigenvalue weighted by Crippen LogP contribution is -2.24. The summed E-state index contributed by atoms with van der Waals surface area (Å²) in [5, 5.41) is 14.4. The molecule has 0 saturated carbocycles. The predicted molar refractivity (Wildman–Crippen MR) is 98.5 cm³/mol. The van der Waals surface area contributed by atoms with E-state index in [1.165, 1.54) is 13.3 Å². The number of aromatic nitrogens is 3. The SMILES string of the molecule is COC(=O)c1cnc(N2CC[C@@H](O)C2)c(-c2ccnn2C2CCCCO2)c1. The normalized spacial score (nSPS) is 22.8. The van der Waals surface area contributed by atoms with E-state index in [-0.39, 0.29) is 12.3 Å². The van der Waals surface area contributed by atoms with E-state index in [4.69, 9.17) is 9.47 Å². The van der Waals surface area contributed by atoms with Gasteiger partial charge in [-0.05, 0) is 37.8 Å². The number of nitrogens with zero attached hydrogens (tertiary/aromatic N) is 4. The number of rotatable bonds is 4. The molecule has 2 aliphatic rings. The second-order valence-corrected chi connectivity index (χ2v) is 6.96. The number of ether oxygens (including phenoxy) is 2. The molecule has 2 saturated heterocycles. The highest BCUT2D eigenvalue weighted by Gasteiger charge is 2.27. The molecule has 0 amide bonds. The van der Waals surface area contributed by atoms with Gasteiger partial charge in [0.1, 0.15) is 5.82 Å². The third kappa shape index (κ3) is 3.54. The van der Waals surface area contributed by atoms with E-state index < -0.39 is 5.97 Å². The van der Waals surface area contributed by atoms with Crippen molar-refractivity contribution < 1.29 is 19.4 Å². The molecule has 2 fully saturated rings. The molecule has 0 radical (unpaired) electrons. The van der Waals surface area contributed by atoms with Crippen LogP contribution in [0.5, 0.6) is 0 Å². The van der Waals surface area contributed by atoms with Crippen LogP contribution in [0.2, 0.25) is 0 Å². The van der Waals surface area contributed by atoms with E-state index in [0.717, 1.165) is 42.9 Å². The van der Waals surface area contributed by atoms with Gasteiger partial charge in [-0.3, -0.25) is 0 Å². The van der Waals surface area contributed by atoms with Crippen LogP contribution in [0.15, 0.2) is 24.5 Å². The van der Waals surface area contributed by atoms with Crippen molar-refractivity contribution in [1.29, 1.82) is 0 Å². The number of esters is 1. The molecule has 2 aromatic heterocycles. The largest absolute Gasteiger partial charge is 0.465 e. The second kappa shape index (κ2) is 7.66. The quantitative estimate of drug-likeness (QED) is 0.821. The van der Waals surface area contributed by atoms with Gasteiger partial charge in [-0.2, -0.15) is 5.10 Å². The van der Waals surface area contributed by atoms with Gasteiger partial charge in [0.25, 0.3) is 0 Å². The number of methoxy groups -OCH3 is 1. The summed E-state index contributed by atoms with van der Waals surface area (Å²) >= 11 is 0. The first kappa shape index (κ1) is 17.9. The molecule has 144 valence electrons. The van der Waals surface area contributed by atoms with Gasteiger partial charge in [0.15, 0.2) is 6.23 Å². The summed E-state index contributed by atoms with van der Waals surface area (Å²) in [4.78, 5) is 18.6. The zero-order chi connectivity index (χ0) is 18.8. The molecular weight excluding hydrogens is 348 g/mol. The van der Waals surface area contributed by atoms with Gasteiger partial charge >= 0.3 is 5.97 Å². The van der Waals surface area contributed by atoms with Gasteiger partial charge in [-0.15, -0.1) is 0 Å². The van der Waals surface area contributed by atoms with Crippen LogP contribution in [-0.4, -0.2) is 58.8 Å². The maximum absolute atomic E-state index is 12.0. The molecule has 0 bridgehead atoms. The van der Waals surface area contributed by atoms with Crippen molar-refractivity contribution in [3.05, 3.63) is 30.1 Å². The van der Waals surface area contributed by atoms with Crippen molar-refractivity contribution >= 4 is 11.8 Å². The van der Waals surface area contributed by atoms with Crippen LogP contribution < -0.4 is 4.90 Å². The molecule has 4 heterocycles. The van der Waals surface area contributed by atoms with Crippen LogP contribution in [0, 0.1) is 0 Å². The molecule has 27 heavy (non-hydrogen) atoms. The molecule has 2 aromatic rings. The molecule has 1 N–H and O–H groups in total. The van der Waals surface area contributed by atoms with Crippen molar-refractivity contribution in [2.45, 2.75) is 38.0 Å². The van der Waals surface area contributed by atoms with Crippen molar-refractivity contribution in [3.8, 4) is 11.3 Å². The number of aliphatic hydroxyl groups excluding tert-OH is 1. The lowest BCUT2D eigenvalue weighted by molar-refractivity contribution is -0.0383. The summed E-state index contributed by atoms with van der Waals surface area (Å²) in [7, 11) is 1.35. The molecule has 2 atom stereocenters. The van der Waals surface area contributed by atoms with Crippen LogP contribution in [0.3, 0.4) is 0 Å². The van der Waals surface area contributed by atoms with E-state index in [0.29, 0.717) is 25.1 Å². The summed E-state index contributed by atoms with van der Waals surface area (Å²) in [6.45, 7) is 1.95. The Kier molecular flexibility index (Phi) is 5.09. The van der Waals surface area contributed by atoms with E-state index >= 15 is 0 Å². The fourth-order valence-electron chi connectivity index (χ4n) is 3.74. The number of anilines is 1. The summed E-state index contributed by atoms with van der Waals surface area (Å²) in [5.74, 6) is 0.300. The number of β-amino-alcohol motifs (C(OH)–C–C–N with tert-alkyl or cyclic N) is 1. The van der Waals surface area contributed by atoms with E-state index in [1.54, 1.807) is 12.3 Å². The number of aliphatic hydroxyl groups is 1. The van der Waals surface area contributed by atoms with Crippen molar-refractivity contribution in [2.24, 2.45) is 0 Å². The van der Waals surface area contributed by atoms with Crippen LogP contribution in [0.1, 0.15) is 42.3 Å². The molecule has 2 aliphatic heterocycles. The van der Waals surface area contributed by atoms with E-state index in [1.807, 2.05) is 15.6 Å². The first-order valence-electron chi connectivity index (χ1n) is 9.34. The van der Waals surface area contributed by atoms with Crippen LogP contribution >= 0.6 is 0 Å². The maximum Gasteiger partial charge on any atom is 0.339 e. The van der Waals surface area contributed by atoms with E-state index in [2.05, 4.69) is 10.1 Å². The lowest BCUT2D eigenvalue weighted by atomic mass is 10.1. The Hall–Kier alpha value is -2.45. The third-order valence-corrected chi connectivity index (χ3v) is 5.13. The Labute approximate surface area is 157 Å². The highest BCUT2D eigenvalue weighted by molar-refractivity contribution is 5.92. The zero-order valence-corrected chi connectivity index (χ0v) is 15.4. The minimum absolute atomic E-state index is 0.123. The number of pyridine rings is 1. The third-order valence-electron chi connectivity index (χ3n) is 5.13. The van der Waals surface area contributed by atoms with Crippen LogP contribution in [-0.2, 0) is 9.47 Å². The second-order valence-electron chi connectivity index (χ2n) is 6.96. The summed E-state index contributed by atoms with van der Waals surface area (Å²) in [6, 6.07) is 3.70. The molecule has 8 heteroatoms. The highest BCUT2D eigenvalue weighted by Crippen LogP contribution is 2.35. The highest BCUT2D eigenvalue weighted by atomic mass is 16.5. The Bertz CT molecular complexity index is 816. The van der Waals surface area contributed by atoms with Crippen molar-refractivity contribution in [1.82, 2.24) is 14.8 Å². The monoisotopic (exact) mass is 372 g/mol. The average Bonchev–Trinajstić information content (AvgIpc) is 3.36. The fourth-order valence-corrected chi connectivity index (χ4v) is 3.74. The standard InChI is InChI=1S/C19H24N4O4/c1-26-19(25)13-10-15(18(20-11-13)22-8-6-14(24)12-22)16-5-7-21-23(16)17-4-2-3-9-27-17/h5,7,10-11,14,17,24H,2-4,6,8-9,12H2,1H3/t14-,17?/m1/s1. The molecule has 8 nitrogen and oxygen atoms in total. The summed E-state index contributed by atoms with van der Waals surface area (Å²) in [5.41, 5.74) is 2.02. The minimum atomic E-state index is -0.434. The Morgan fingerprint density at radius 3 is 2.96 bits per heavy atom. The van der Waals surface area contributed by atoms with Crippen molar-refractivity contribution in [3.63, 3.8) is 0 Å². The average molecular weight is 372 g/mol. The van der Waals surface area contributed by atoms with Gasteiger partial charge in [-0.1, -0.05) is 0 Å². The first-order chi connectivity index (χ1) is 13.2. The van der Waals surface area contributed by atoms with Gasteiger partial charge in [0, 0.05) is 37.7 Å². The van der Waals surface area contributed by atoms with Gasteiger partial charge in [-0.25, -0.2) is 14.5 Å². The Balaban J connectivity index is 1.78. The van der Waals surface area contributed by atoms with E-state index in [9.17, 15) is 9.90 Å². The smallest absolute Gasteiger partial charge is 0.339 e. The minimum Gasteiger partial charge on any atom is -0.465 e. The Morgan fingerprint density at radius 1 is 1.37 bits per heavy atom. The number of carbonyl (C=O) groups is 1. The van der Waals surface area contributed by atoms with Gasteiger partial charge in [0.2, 0.25) is 0 Å².